The highest BCUT2D eigenvalue weighted by Crippen LogP contribution is 2.15. The number of ether oxygens (including phenoxy) is 1. The van der Waals surface area contributed by atoms with Crippen molar-refractivity contribution >= 4 is 47.2 Å². The lowest BCUT2D eigenvalue weighted by molar-refractivity contribution is -0.140. The smallest absolute Gasteiger partial charge is 0.305 e. The number of hydrogen-bond donors (Lipinski definition) is 2. The molecule has 0 saturated carbocycles. The van der Waals surface area contributed by atoms with Crippen LogP contribution in [0.15, 0.2) is 4.99 Å². The Balaban J connectivity index is 0.00000529. The standard InChI is InChI=1S/C16H28N4O2S.HI/c1-12-13(2)23-14(20-12)11-19-16(17-3)18-10-8-6-5-7-9-15(21)22-4;/h5-11H2,1-4H3,(H2,17,18,19);1H. The Kier molecular flexibility index (Phi) is 12.9. The summed E-state index contributed by atoms with van der Waals surface area (Å²) >= 11 is 1.71. The third-order valence-electron chi connectivity index (χ3n) is 3.53. The first-order chi connectivity index (χ1) is 11.1. The first kappa shape index (κ1) is 23.1. The number of rotatable bonds is 9. The number of aryl methyl sites for hydroxylation is 2. The summed E-state index contributed by atoms with van der Waals surface area (Å²) < 4.78 is 4.62. The number of hydrogen-bond acceptors (Lipinski definition) is 5. The van der Waals surface area contributed by atoms with Gasteiger partial charge in [0, 0.05) is 24.9 Å². The lowest BCUT2D eigenvalue weighted by atomic mass is 10.1. The van der Waals surface area contributed by atoms with Crippen LogP contribution in [0.5, 0.6) is 0 Å². The molecule has 1 rings (SSSR count). The molecule has 1 heterocycles. The number of guanidine groups is 1. The van der Waals surface area contributed by atoms with Crippen LogP contribution in [-0.2, 0) is 16.1 Å². The summed E-state index contributed by atoms with van der Waals surface area (Å²) in [6.45, 7) is 5.68. The lowest BCUT2D eigenvalue weighted by Crippen LogP contribution is -2.37. The van der Waals surface area contributed by atoms with Gasteiger partial charge >= 0.3 is 5.97 Å². The van der Waals surface area contributed by atoms with Gasteiger partial charge in [0.1, 0.15) is 5.01 Å². The molecule has 24 heavy (non-hydrogen) atoms. The number of carbonyl (C=O) groups excluding carboxylic acids is 1. The molecular formula is C16H29IN4O2S. The highest BCUT2D eigenvalue weighted by atomic mass is 127. The molecule has 0 fully saturated rings. The van der Waals surface area contributed by atoms with Crippen molar-refractivity contribution in [2.45, 2.75) is 52.5 Å². The number of thiazole rings is 1. The summed E-state index contributed by atoms with van der Waals surface area (Å²) in [5, 5.41) is 7.65. The van der Waals surface area contributed by atoms with E-state index in [1.54, 1.807) is 18.4 Å². The van der Waals surface area contributed by atoms with Gasteiger partial charge in [0.15, 0.2) is 5.96 Å². The van der Waals surface area contributed by atoms with Gasteiger partial charge in [0.05, 0.1) is 19.3 Å². The molecule has 0 radical (unpaired) electrons. The van der Waals surface area contributed by atoms with Crippen LogP contribution in [0.4, 0.5) is 0 Å². The summed E-state index contributed by atoms with van der Waals surface area (Å²) in [5.74, 6) is 0.672. The molecule has 0 atom stereocenters. The van der Waals surface area contributed by atoms with Gasteiger partial charge in [-0.1, -0.05) is 12.8 Å². The molecule has 8 heteroatoms. The maximum atomic E-state index is 11.0. The highest BCUT2D eigenvalue weighted by molar-refractivity contribution is 14.0. The van der Waals surface area contributed by atoms with Gasteiger partial charge < -0.3 is 15.4 Å². The second-order valence-electron chi connectivity index (χ2n) is 5.34. The number of nitrogens with zero attached hydrogens (tertiary/aromatic N) is 2. The van der Waals surface area contributed by atoms with E-state index in [0.29, 0.717) is 13.0 Å². The molecule has 1 aromatic heterocycles. The van der Waals surface area contributed by atoms with Crippen molar-refractivity contribution in [1.29, 1.82) is 0 Å². The number of aromatic nitrogens is 1. The van der Waals surface area contributed by atoms with Crippen molar-refractivity contribution in [1.82, 2.24) is 15.6 Å². The first-order valence-corrected chi connectivity index (χ1v) is 8.82. The Labute approximate surface area is 165 Å². The molecule has 6 nitrogen and oxygen atoms in total. The van der Waals surface area contributed by atoms with Crippen molar-refractivity contribution in [2.24, 2.45) is 4.99 Å². The van der Waals surface area contributed by atoms with Crippen LogP contribution in [0.1, 0.15) is 47.7 Å². The molecule has 138 valence electrons. The number of nitrogens with one attached hydrogen (secondary N) is 2. The maximum absolute atomic E-state index is 11.0. The number of methoxy groups -OCH3 is 1. The van der Waals surface area contributed by atoms with Crippen LogP contribution in [0.2, 0.25) is 0 Å². The zero-order chi connectivity index (χ0) is 17.1. The molecule has 0 amide bonds. The van der Waals surface area contributed by atoms with Gasteiger partial charge in [-0.15, -0.1) is 35.3 Å². The van der Waals surface area contributed by atoms with Crippen LogP contribution in [0.3, 0.4) is 0 Å². The third-order valence-corrected chi connectivity index (χ3v) is 4.60. The van der Waals surface area contributed by atoms with Crippen molar-refractivity contribution in [2.75, 3.05) is 20.7 Å². The molecule has 0 aliphatic heterocycles. The molecular weight excluding hydrogens is 439 g/mol. The molecule has 2 N–H and O–H groups in total. The van der Waals surface area contributed by atoms with Gasteiger partial charge in [0.25, 0.3) is 0 Å². The van der Waals surface area contributed by atoms with Crippen LogP contribution in [-0.4, -0.2) is 37.6 Å². The Hall–Kier alpha value is -0.900. The quantitative estimate of drug-likeness (QED) is 0.192. The van der Waals surface area contributed by atoms with Crippen molar-refractivity contribution in [3.63, 3.8) is 0 Å². The average molecular weight is 468 g/mol. The third kappa shape index (κ3) is 9.41. The minimum atomic E-state index is -0.125. The number of aliphatic imine (C=N–C) groups is 1. The van der Waals surface area contributed by atoms with Gasteiger partial charge in [-0.05, 0) is 26.7 Å². The fraction of sp³-hybridized carbons (Fsp3) is 0.688. The predicted molar refractivity (Wildman–Crippen MR) is 110 cm³/mol. The zero-order valence-corrected chi connectivity index (χ0v) is 18.1. The minimum Gasteiger partial charge on any atom is -0.469 e. The van der Waals surface area contributed by atoms with E-state index in [1.807, 2.05) is 6.92 Å². The van der Waals surface area contributed by atoms with Gasteiger partial charge in [0.2, 0.25) is 0 Å². The van der Waals surface area contributed by atoms with E-state index in [4.69, 9.17) is 0 Å². The number of unbranched alkanes of at least 4 members (excludes halogenated alkanes) is 3. The average Bonchev–Trinajstić information content (AvgIpc) is 2.87. The Bertz CT molecular complexity index is 501. The number of esters is 1. The molecule has 0 unspecified atom stereocenters. The second-order valence-corrected chi connectivity index (χ2v) is 6.63. The summed E-state index contributed by atoms with van der Waals surface area (Å²) in [7, 11) is 3.20. The Morgan fingerprint density at radius 1 is 1.21 bits per heavy atom. The fourth-order valence-corrected chi connectivity index (χ4v) is 2.93. The molecule has 0 aromatic carbocycles. The largest absolute Gasteiger partial charge is 0.469 e. The van der Waals surface area contributed by atoms with E-state index in [-0.39, 0.29) is 29.9 Å². The monoisotopic (exact) mass is 468 g/mol. The van der Waals surface area contributed by atoms with Crippen LogP contribution in [0, 0.1) is 13.8 Å². The van der Waals surface area contributed by atoms with Crippen LogP contribution < -0.4 is 10.6 Å². The van der Waals surface area contributed by atoms with Crippen LogP contribution >= 0.6 is 35.3 Å². The highest BCUT2D eigenvalue weighted by Gasteiger charge is 2.04. The SMILES string of the molecule is CN=C(NCCCCCCC(=O)OC)NCc1nc(C)c(C)s1.I. The summed E-state index contributed by atoms with van der Waals surface area (Å²) in [4.78, 5) is 21.0. The molecule has 0 saturated heterocycles. The molecule has 0 bridgehead atoms. The molecule has 0 spiro atoms. The summed E-state index contributed by atoms with van der Waals surface area (Å²) in [6, 6.07) is 0. The maximum Gasteiger partial charge on any atom is 0.305 e. The van der Waals surface area contributed by atoms with E-state index < -0.39 is 0 Å². The Morgan fingerprint density at radius 3 is 2.50 bits per heavy atom. The number of carbonyl (C=O) groups is 1. The van der Waals surface area contributed by atoms with E-state index in [0.717, 1.165) is 48.9 Å². The predicted octanol–water partition coefficient (Wildman–Crippen LogP) is 3.17. The van der Waals surface area contributed by atoms with E-state index >= 15 is 0 Å². The first-order valence-electron chi connectivity index (χ1n) is 8.01. The van der Waals surface area contributed by atoms with Crippen LogP contribution in [0.25, 0.3) is 0 Å². The second kappa shape index (κ2) is 13.4. The van der Waals surface area contributed by atoms with E-state index in [9.17, 15) is 4.79 Å². The normalized spacial score (nSPS) is 10.9. The molecule has 0 aliphatic carbocycles. The van der Waals surface area contributed by atoms with Crippen molar-refractivity contribution in [3.05, 3.63) is 15.6 Å². The van der Waals surface area contributed by atoms with Crippen molar-refractivity contribution in [3.8, 4) is 0 Å². The lowest BCUT2D eigenvalue weighted by Gasteiger charge is -2.10. The minimum absolute atomic E-state index is 0. The topological polar surface area (TPSA) is 75.6 Å². The zero-order valence-electron chi connectivity index (χ0n) is 15.0. The van der Waals surface area contributed by atoms with Crippen molar-refractivity contribution < 1.29 is 9.53 Å². The van der Waals surface area contributed by atoms with E-state index in [1.165, 1.54) is 12.0 Å². The molecule has 1 aromatic rings. The molecule has 0 aliphatic rings. The summed E-state index contributed by atoms with van der Waals surface area (Å²) in [5.41, 5.74) is 1.10. The van der Waals surface area contributed by atoms with Gasteiger partial charge in [-0.2, -0.15) is 0 Å². The van der Waals surface area contributed by atoms with Gasteiger partial charge in [-0.25, -0.2) is 4.98 Å². The van der Waals surface area contributed by atoms with E-state index in [2.05, 4.69) is 32.3 Å². The van der Waals surface area contributed by atoms with Gasteiger partial charge in [-0.3, -0.25) is 9.79 Å². The number of halogens is 1. The Morgan fingerprint density at radius 2 is 1.92 bits per heavy atom. The summed E-state index contributed by atoms with van der Waals surface area (Å²) in [6.07, 6.45) is 4.59. The fourth-order valence-electron chi connectivity index (χ4n) is 2.05.